The minimum Gasteiger partial charge on any atom is -0.334 e. The molecule has 2 atom stereocenters. The van der Waals surface area contributed by atoms with Crippen molar-refractivity contribution in [3.8, 4) is 0 Å². The molecular weight excluding hydrogens is 260 g/mol. The van der Waals surface area contributed by atoms with Crippen LogP contribution in [0.25, 0.3) is 0 Å². The van der Waals surface area contributed by atoms with Crippen molar-refractivity contribution in [1.82, 2.24) is 4.90 Å². The minimum absolute atomic E-state index is 0.104. The second-order valence-corrected chi connectivity index (χ2v) is 6.77. The summed E-state index contributed by atoms with van der Waals surface area (Å²) in [5.74, 6) is 1.20. The summed E-state index contributed by atoms with van der Waals surface area (Å²) in [5.41, 5.74) is 7.32. The van der Waals surface area contributed by atoms with Gasteiger partial charge in [0.25, 0.3) is 0 Å². The molecule has 3 nitrogen and oxygen atoms in total. The third-order valence-electron chi connectivity index (χ3n) is 4.32. The molecule has 2 rings (SSSR count). The maximum atomic E-state index is 12.8. The Morgan fingerprint density at radius 3 is 2.38 bits per heavy atom. The van der Waals surface area contributed by atoms with E-state index in [4.69, 9.17) is 5.73 Å². The lowest BCUT2D eigenvalue weighted by molar-refractivity contribution is -0.136. The van der Waals surface area contributed by atoms with E-state index in [-0.39, 0.29) is 18.0 Å². The van der Waals surface area contributed by atoms with Gasteiger partial charge in [-0.25, -0.2) is 0 Å². The molecule has 0 aromatic heterocycles. The fourth-order valence-electron chi connectivity index (χ4n) is 2.86. The van der Waals surface area contributed by atoms with Crippen molar-refractivity contribution in [2.45, 2.75) is 58.7 Å². The lowest BCUT2D eigenvalue weighted by Crippen LogP contribution is -2.48. The molecule has 0 bridgehead atoms. The first-order valence-corrected chi connectivity index (χ1v) is 8.09. The number of rotatable bonds is 7. The number of nitrogens with two attached hydrogens (primary N) is 1. The van der Waals surface area contributed by atoms with Crippen molar-refractivity contribution in [2.24, 2.45) is 17.6 Å². The van der Waals surface area contributed by atoms with Gasteiger partial charge >= 0.3 is 0 Å². The summed E-state index contributed by atoms with van der Waals surface area (Å²) < 4.78 is 0. The third-order valence-corrected chi connectivity index (χ3v) is 4.32. The van der Waals surface area contributed by atoms with E-state index in [1.165, 1.54) is 18.4 Å². The number of carbonyl (C=O) groups is 1. The first-order chi connectivity index (χ1) is 9.99. The fraction of sp³-hybridized carbons (Fsp3) is 0.611. The van der Waals surface area contributed by atoms with E-state index in [9.17, 15) is 4.79 Å². The quantitative estimate of drug-likeness (QED) is 0.837. The Kier molecular flexibility index (Phi) is 5.40. The largest absolute Gasteiger partial charge is 0.334 e. The Hall–Kier alpha value is -1.35. The van der Waals surface area contributed by atoms with Crippen LogP contribution in [-0.4, -0.2) is 22.9 Å². The van der Waals surface area contributed by atoms with Gasteiger partial charge < -0.3 is 10.6 Å². The molecule has 1 saturated carbocycles. The van der Waals surface area contributed by atoms with E-state index >= 15 is 0 Å². The molecule has 1 aromatic rings. The highest BCUT2D eigenvalue weighted by atomic mass is 16.2. The van der Waals surface area contributed by atoms with Crippen molar-refractivity contribution in [3.63, 3.8) is 0 Å². The van der Waals surface area contributed by atoms with Gasteiger partial charge in [0.2, 0.25) is 5.91 Å². The van der Waals surface area contributed by atoms with E-state index in [1.54, 1.807) is 0 Å². The molecule has 1 aliphatic rings. The topological polar surface area (TPSA) is 46.3 Å². The second-order valence-electron chi connectivity index (χ2n) is 6.77. The molecule has 116 valence electrons. The van der Waals surface area contributed by atoms with Crippen molar-refractivity contribution in [1.29, 1.82) is 0 Å². The number of hydrogen-bond acceptors (Lipinski definition) is 2. The molecule has 1 fully saturated rings. The summed E-state index contributed by atoms with van der Waals surface area (Å²) in [7, 11) is 0. The Balaban J connectivity index is 2.09. The Morgan fingerprint density at radius 2 is 1.86 bits per heavy atom. The van der Waals surface area contributed by atoms with E-state index in [0.717, 1.165) is 6.42 Å². The van der Waals surface area contributed by atoms with Crippen molar-refractivity contribution >= 4 is 5.91 Å². The van der Waals surface area contributed by atoms with E-state index in [2.05, 4.69) is 32.9 Å². The predicted molar refractivity (Wildman–Crippen MR) is 86.6 cm³/mol. The number of benzene rings is 1. The van der Waals surface area contributed by atoms with Crippen LogP contribution in [0.4, 0.5) is 0 Å². The SMILES string of the molecule is CC(C)C[C@@H](N)C(=O)N(Cc1ccccc1)C(C)C1CC1. The molecule has 21 heavy (non-hydrogen) atoms. The van der Waals surface area contributed by atoms with Crippen molar-refractivity contribution in [2.75, 3.05) is 0 Å². The summed E-state index contributed by atoms with van der Waals surface area (Å²) in [4.78, 5) is 14.8. The average molecular weight is 288 g/mol. The van der Waals surface area contributed by atoms with Gasteiger partial charge in [-0.15, -0.1) is 0 Å². The molecular formula is C18H28N2O. The van der Waals surface area contributed by atoms with Crippen LogP contribution in [0.3, 0.4) is 0 Å². The number of nitrogens with zero attached hydrogens (tertiary/aromatic N) is 1. The molecule has 1 aromatic carbocycles. The van der Waals surface area contributed by atoms with Crippen LogP contribution >= 0.6 is 0 Å². The molecule has 2 N–H and O–H groups in total. The van der Waals surface area contributed by atoms with Crippen LogP contribution in [0, 0.1) is 11.8 Å². The Morgan fingerprint density at radius 1 is 1.24 bits per heavy atom. The van der Waals surface area contributed by atoms with Gasteiger partial charge in [0.15, 0.2) is 0 Å². The maximum absolute atomic E-state index is 12.8. The third kappa shape index (κ3) is 4.57. The van der Waals surface area contributed by atoms with Gasteiger partial charge in [0, 0.05) is 12.6 Å². The minimum atomic E-state index is -0.380. The maximum Gasteiger partial charge on any atom is 0.240 e. The van der Waals surface area contributed by atoms with Crippen LogP contribution < -0.4 is 5.73 Å². The van der Waals surface area contributed by atoms with Crippen LogP contribution in [0.2, 0.25) is 0 Å². The number of hydrogen-bond donors (Lipinski definition) is 1. The molecule has 0 spiro atoms. The summed E-state index contributed by atoms with van der Waals surface area (Å²) in [6.45, 7) is 7.06. The molecule has 1 aliphatic carbocycles. The highest BCUT2D eigenvalue weighted by Crippen LogP contribution is 2.36. The van der Waals surface area contributed by atoms with Crippen LogP contribution in [-0.2, 0) is 11.3 Å². The zero-order chi connectivity index (χ0) is 15.4. The molecule has 0 heterocycles. The highest BCUT2D eigenvalue weighted by Gasteiger charge is 2.35. The van der Waals surface area contributed by atoms with Gasteiger partial charge in [-0.05, 0) is 43.6 Å². The van der Waals surface area contributed by atoms with Gasteiger partial charge in [-0.3, -0.25) is 4.79 Å². The molecule has 0 radical (unpaired) electrons. The van der Waals surface area contributed by atoms with Gasteiger partial charge in [0.05, 0.1) is 6.04 Å². The standard InChI is InChI=1S/C18H28N2O/c1-13(2)11-17(19)18(21)20(14(3)16-9-10-16)12-15-7-5-4-6-8-15/h4-8,13-14,16-17H,9-12,19H2,1-3H3/t14?,17-/m1/s1. The lowest BCUT2D eigenvalue weighted by atomic mass is 10.0. The van der Waals surface area contributed by atoms with Crippen LogP contribution in [0.15, 0.2) is 30.3 Å². The monoisotopic (exact) mass is 288 g/mol. The Labute approximate surface area is 128 Å². The number of amides is 1. The van der Waals surface area contributed by atoms with Crippen molar-refractivity contribution in [3.05, 3.63) is 35.9 Å². The fourth-order valence-corrected chi connectivity index (χ4v) is 2.86. The first kappa shape index (κ1) is 16.0. The van der Waals surface area contributed by atoms with E-state index in [1.807, 2.05) is 23.1 Å². The molecule has 1 unspecified atom stereocenters. The van der Waals surface area contributed by atoms with Crippen LogP contribution in [0.1, 0.15) is 45.6 Å². The molecule has 0 saturated heterocycles. The van der Waals surface area contributed by atoms with Crippen molar-refractivity contribution < 1.29 is 4.79 Å². The zero-order valence-corrected chi connectivity index (χ0v) is 13.5. The van der Waals surface area contributed by atoms with Crippen LogP contribution in [0.5, 0.6) is 0 Å². The second kappa shape index (κ2) is 7.08. The Bertz CT molecular complexity index is 454. The van der Waals surface area contributed by atoms with E-state index in [0.29, 0.717) is 18.4 Å². The summed E-state index contributed by atoms with van der Waals surface area (Å²) in [5, 5.41) is 0. The summed E-state index contributed by atoms with van der Waals surface area (Å²) >= 11 is 0. The molecule has 1 amide bonds. The van der Waals surface area contributed by atoms with Gasteiger partial charge in [-0.1, -0.05) is 44.2 Å². The zero-order valence-electron chi connectivity index (χ0n) is 13.5. The number of carbonyl (C=O) groups excluding carboxylic acids is 1. The highest BCUT2D eigenvalue weighted by molar-refractivity contribution is 5.82. The van der Waals surface area contributed by atoms with E-state index < -0.39 is 0 Å². The van der Waals surface area contributed by atoms with Gasteiger partial charge in [-0.2, -0.15) is 0 Å². The first-order valence-electron chi connectivity index (χ1n) is 8.09. The summed E-state index contributed by atoms with van der Waals surface area (Å²) in [6, 6.07) is 10.1. The molecule has 0 aliphatic heterocycles. The lowest BCUT2D eigenvalue weighted by Gasteiger charge is -2.32. The molecule has 3 heteroatoms. The summed E-state index contributed by atoms with van der Waals surface area (Å²) in [6.07, 6.45) is 3.22. The average Bonchev–Trinajstić information content (AvgIpc) is 3.28. The predicted octanol–water partition coefficient (Wildman–Crippen LogP) is 3.19. The smallest absolute Gasteiger partial charge is 0.240 e. The normalized spacial score (nSPS) is 17.6. The van der Waals surface area contributed by atoms with Gasteiger partial charge in [0.1, 0.15) is 0 Å².